The molecule has 0 saturated carbocycles. The van der Waals surface area contributed by atoms with Gasteiger partial charge in [0.1, 0.15) is 17.8 Å². The number of carboxylic acids is 3. The predicted molar refractivity (Wildman–Crippen MR) is 118 cm³/mol. The Hall–Kier alpha value is -3.30. The van der Waals surface area contributed by atoms with Gasteiger partial charge in [-0.15, -0.1) is 5.10 Å². The molecule has 0 unspecified atom stereocenters. The number of aromatic nitrogens is 3. The molecule has 5 N–H and O–H groups in total. The van der Waals surface area contributed by atoms with Gasteiger partial charge in [-0.25, -0.2) is 14.4 Å². The normalized spacial score (nSPS) is 12.6. The van der Waals surface area contributed by atoms with Gasteiger partial charge in [-0.3, -0.25) is 9.48 Å². The van der Waals surface area contributed by atoms with Crippen LogP contribution in [0.25, 0.3) is 0 Å². The lowest BCUT2D eigenvalue weighted by atomic mass is 10.1. The summed E-state index contributed by atoms with van der Waals surface area (Å²) in [4.78, 5) is 45.2. The lowest BCUT2D eigenvalue weighted by molar-refractivity contribution is -0.140. The molecule has 35 heavy (non-hydrogen) atoms. The first kappa shape index (κ1) is 29.7. The molecule has 0 aromatic carbocycles. The van der Waals surface area contributed by atoms with Crippen LogP contribution in [-0.2, 0) is 41.7 Å². The fourth-order valence-electron chi connectivity index (χ4n) is 2.82. The van der Waals surface area contributed by atoms with E-state index in [1.807, 2.05) is 0 Å². The summed E-state index contributed by atoms with van der Waals surface area (Å²) < 4.78 is 17.2. The number of carboxylic acid groups (broad SMARTS) is 3. The van der Waals surface area contributed by atoms with Crippen molar-refractivity contribution in [3.05, 3.63) is 11.9 Å². The van der Waals surface area contributed by atoms with E-state index < -0.39 is 42.4 Å². The molecule has 15 heteroatoms. The summed E-state index contributed by atoms with van der Waals surface area (Å²) in [5.41, 5.74) is 0.638. The highest BCUT2D eigenvalue weighted by atomic mass is 16.5. The van der Waals surface area contributed by atoms with Crippen LogP contribution in [0.5, 0.6) is 0 Å². The molecular weight excluding hydrogens is 470 g/mol. The van der Waals surface area contributed by atoms with Gasteiger partial charge in [-0.05, 0) is 25.7 Å². The lowest BCUT2D eigenvalue weighted by Crippen LogP contribution is -2.51. The first-order chi connectivity index (χ1) is 16.7. The van der Waals surface area contributed by atoms with Crippen molar-refractivity contribution in [2.75, 3.05) is 33.5 Å². The van der Waals surface area contributed by atoms with Crippen molar-refractivity contribution in [2.24, 2.45) is 0 Å². The van der Waals surface area contributed by atoms with E-state index >= 15 is 0 Å². The second kappa shape index (κ2) is 17.2. The van der Waals surface area contributed by atoms with E-state index in [0.29, 0.717) is 51.5 Å². The number of nitrogens with one attached hydrogen (secondary N) is 2. The summed E-state index contributed by atoms with van der Waals surface area (Å²) in [6.45, 7) is 2.60. The van der Waals surface area contributed by atoms with Gasteiger partial charge in [0, 0.05) is 20.1 Å². The zero-order chi connectivity index (χ0) is 26.1. The standard InChI is InChI=1S/C20H33N5O10/c1-33-8-9-34-10-11-35-13-14-12-25(24-23-14)7-3-2-4-15(18(28)29)21-20(32)22-16(19(30)31)5-6-17(26)27/h12,15-16H,2-11,13H2,1H3,(H,26,27)(H,28,29)(H,30,31)(H2,21,22,32)/t15-,16-/m0/s1. The first-order valence-electron chi connectivity index (χ1n) is 11.0. The van der Waals surface area contributed by atoms with Gasteiger partial charge in [0.25, 0.3) is 0 Å². The van der Waals surface area contributed by atoms with E-state index in [9.17, 15) is 24.3 Å². The van der Waals surface area contributed by atoms with Crippen LogP contribution in [0.4, 0.5) is 4.79 Å². The van der Waals surface area contributed by atoms with Crippen molar-refractivity contribution in [1.29, 1.82) is 0 Å². The Labute approximate surface area is 201 Å². The van der Waals surface area contributed by atoms with Gasteiger partial charge in [0.2, 0.25) is 0 Å². The van der Waals surface area contributed by atoms with E-state index in [4.69, 9.17) is 24.4 Å². The molecule has 2 atom stereocenters. The molecule has 1 rings (SSSR count). The Morgan fingerprint density at radius 3 is 2.20 bits per heavy atom. The number of nitrogens with zero attached hydrogens (tertiary/aromatic N) is 3. The van der Waals surface area contributed by atoms with Gasteiger partial charge in [0.05, 0.1) is 39.2 Å². The Balaban J connectivity index is 2.32. The molecule has 0 radical (unpaired) electrons. The summed E-state index contributed by atoms with van der Waals surface area (Å²) in [6, 6.07) is -3.69. The van der Waals surface area contributed by atoms with Gasteiger partial charge in [-0.2, -0.15) is 0 Å². The molecule has 0 aliphatic heterocycles. The van der Waals surface area contributed by atoms with Crippen LogP contribution < -0.4 is 10.6 Å². The molecule has 15 nitrogen and oxygen atoms in total. The van der Waals surface area contributed by atoms with Crippen LogP contribution >= 0.6 is 0 Å². The summed E-state index contributed by atoms with van der Waals surface area (Å²) in [5.74, 6) is -3.90. The van der Waals surface area contributed by atoms with E-state index in [1.54, 1.807) is 18.0 Å². The second-order valence-corrected chi connectivity index (χ2v) is 7.46. The number of hydrogen-bond acceptors (Lipinski definition) is 9. The zero-order valence-corrected chi connectivity index (χ0v) is 19.6. The fourth-order valence-corrected chi connectivity index (χ4v) is 2.82. The molecule has 1 heterocycles. The molecule has 1 aromatic rings. The molecule has 1 aromatic heterocycles. The average molecular weight is 504 g/mol. The van der Waals surface area contributed by atoms with Gasteiger partial charge in [-0.1, -0.05) is 5.21 Å². The highest BCUT2D eigenvalue weighted by Crippen LogP contribution is 2.05. The number of aliphatic carboxylic acids is 3. The largest absolute Gasteiger partial charge is 0.481 e. The summed E-state index contributed by atoms with van der Waals surface area (Å²) in [5, 5.41) is 39.3. The SMILES string of the molecule is COCCOCCOCc1cn(CCCC[C@H](NC(=O)N[C@@H](CCC(=O)O)C(=O)O)C(=O)O)nn1. The Morgan fingerprint density at radius 1 is 0.943 bits per heavy atom. The smallest absolute Gasteiger partial charge is 0.326 e. The van der Waals surface area contributed by atoms with Gasteiger partial charge in [0.15, 0.2) is 0 Å². The Kier molecular flexibility index (Phi) is 14.6. The number of hydrogen-bond donors (Lipinski definition) is 5. The summed E-state index contributed by atoms with van der Waals surface area (Å²) in [6.07, 6.45) is 2.02. The maximum atomic E-state index is 12.0. The lowest BCUT2D eigenvalue weighted by Gasteiger charge is -2.18. The number of unbranched alkanes of at least 4 members (excludes halogenated alkanes) is 1. The highest BCUT2D eigenvalue weighted by Gasteiger charge is 2.24. The fraction of sp³-hybridized carbons (Fsp3) is 0.700. The van der Waals surface area contributed by atoms with E-state index in [1.165, 1.54) is 0 Å². The number of rotatable bonds is 20. The summed E-state index contributed by atoms with van der Waals surface area (Å²) in [7, 11) is 1.59. The van der Waals surface area contributed by atoms with Crippen LogP contribution in [0.3, 0.4) is 0 Å². The summed E-state index contributed by atoms with van der Waals surface area (Å²) >= 11 is 0. The van der Waals surface area contributed by atoms with Gasteiger partial charge >= 0.3 is 23.9 Å². The third-order valence-electron chi connectivity index (χ3n) is 4.62. The van der Waals surface area contributed by atoms with Crippen molar-refractivity contribution in [3.63, 3.8) is 0 Å². The number of aryl methyl sites for hydroxylation is 1. The maximum absolute atomic E-state index is 12.0. The maximum Gasteiger partial charge on any atom is 0.326 e. The molecule has 0 aliphatic rings. The third kappa shape index (κ3) is 13.9. The van der Waals surface area contributed by atoms with Crippen molar-refractivity contribution in [2.45, 2.75) is 57.3 Å². The number of methoxy groups -OCH3 is 1. The number of carbonyl (C=O) groups excluding carboxylic acids is 1. The minimum atomic E-state index is -1.45. The van der Waals surface area contributed by atoms with Crippen LogP contribution in [0.2, 0.25) is 0 Å². The molecule has 2 amide bonds. The van der Waals surface area contributed by atoms with Gasteiger partial charge < -0.3 is 40.2 Å². The minimum Gasteiger partial charge on any atom is -0.481 e. The van der Waals surface area contributed by atoms with E-state index in [0.717, 1.165) is 0 Å². The quantitative estimate of drug-likeness (QED) is 0.145. The van der Waals surface area contributed by atoms with Crippen molar-refractivity contribution >= 4 is 23.9 Å². The molecule has 0 aliphatic carbocycles. The molecule has 0 saturated heterocycles. The minimum absolute atomic E-state index is 0.101. The Bertz CT molecular complexity index is 803. The zero-order valence-electron chi connectivity index (χ0n) is 19.6. The van der Waals surface area contributed by atoms with Crippen LogP contribution in [0.15, 0.2) is 6.20 Å². The van der Waals surface area contributed by atoms with Crippen LogP contribution in [-0.4, -0.2) is 99.9 Å². The number of amides is 2. The van der Waals surface area contributed by atoms with E-state index in [-0.39, 0.29) is 19.4 Å². The molecule has 0 bridgehead atoms. The van der Waals surface area contributed by atoms with Crippen molar-refractivity contribution in [3.8, 4) is 0 Å². The Morgan fingerprint density at radius 2 is 1.57 bits per heavy atom. The molecule has 0 spiro atoms. The van der Waals surface area contributed by atoms with Crippen LogP contribution in [0, 0.1) is 0 Å². The second-order valence-electron chi connectivity index (χ2n) is 7.46. The highest BCUT2D eigenvalue weighted by molar-refractivity contribution is 5.86. The number of carbonyl (C=O) groups is 4. The predicted octanol–water partition coefficient (Wildman–Crippen LogP) is -0.302. The van der Waals surface area contributed by atoms with E-state index in [2.05, 4.69) is 20.9 Å². The van der Waals surface area contributed by atoms with Crippen LogP contribution in [0.1, 0.15) is 37.8 Å². The van der Waals surface area contributed by atoms with Crippen molar-refractivity contribution in [1.82, 2.24) is 25.6 Å². The molecular formula is C20H33N5O10. The molecule has 198 valence electrons. The third-order valence-corrected chi connectivity index (χ3v) is 4.62. The average Bonchev–Trinajstić information content (AvgIpc) is 3.25. The first-order valence-corrected chi connectivity index (χ1v) is 11.0. The topological polar surface area (TPSA) is 211 Å². The number of urea groups is 1. The monoisotopic (exact) mass is 503 g/mol. The van der Waals surface area contributed by atoms with Crippen molar-refractivity contribution < 1.29 is 48.7 Å². The number of ether oxygens (including phenoxy) is 3. The molecule has 0 fully saturated rings.